The molecule has 0 aliphatic heterocycles. The minimum absolute atomic E-state index is 0.0119. The fraction of sp³-hybridized carbons (Fsp3) is 0.174. The number of halogens is 2. The van der Waals surface area contributed by atoms with Crippen LogP contribution in [0.4, 0.5) is 5.69 Å². The molecule has 0 spiro atoms. The Bertz CT molecular complexity index is 1180. The van der Waals surface area contributed by atoms with Crippen LogP contribution in [0.1, 0.15) is 18.5 Å². The lowest BCUT2D eigenvalue weighted by Gasteiger charge is -2.25. The second-order valence-electron chi connectivity index (χ2n) is 7.01. The summed E-state index contributed by atoms with van der Waals surface area (Å²) in [7, 11) is -2.48. The number of anilines is 1. The molecule has 168 valence electrons. The molecule has 3 aromatic carbocycles. The van der Waals surface area contributed by atoms with E-state index in [1.807, 2.05) is 19.1 Å². The van der Waals surface area contributed by atoms with E-state index in [2.05, 4.69) is 5.32 Å². The summed E-state index contributed by atoms with van der Waals surface area (Å²) in [5.74, 6) is 0.235. The Hall–Kier alpha value is -2.74. The maximum absolute atomic E-state index is 13.4. The maximum atomic E-state index is 13.4. The number of hydrogen-bond acceptors (Lipinski definition) is 4. The van der Waals surface area contributed by atoms with Gasteiger partial charge in [-0.05, 0) is 67.1 Å². The Kier molecular flexibility index (Phi) is 7.66. The average Bonchev–Trinajstić information content (AvgIpc) is 2.77. The van der Waals surface area contributed by atoms with Crippen LogP contribution in [0.2, 0.25) is 10.0 Å². The van der Waals surface area contributed by atoms with Crippen LogP contribution in [-0.2, 0) is 14.8 Å². The third-order valence-electron chi connectivity index (χ3n) is 4.78. The zero-order valence-electron chi connectivity index (χ0n) is 17.5. The fourth-order valence-corrected chi connectivity index (χ4v) is 4.80. The van der Waals surface area contributed by atoms with Gasteiger partial charge in [-0.1, -0.05) is 41.4 Å². The van der Waals surface area contributed by atoms with Crippen LogP contribution in [0.25, 0.3) is 0 Å². The topological polar surface area (TPSA) is 75.7 Å². The molecule has 0 aliphatic carbocycles. The molecule has 0 heterocycles. The van der Waals surface area contributed by atoms with Gasteiger partial charge in [0.15, 0.2) is 0 Å². The summed E-state index contributed by atoms with van der Waals surface area (Å²) in [6.45, 7) is 1.39. The first-order valence-electron chi connectivity index (χ1n) is 9.68. The van der Waals surface area contributed by atoms with E-state index in [1.165, 1.54) is 30.3 Å². The van der Waals surface area contributed by atoms with Crippen molar-refractivity contribution in [2.45, 2.75) is 17.9 Å². The van der Waals surface area contributed by atoms with E-state index in [1.54, 1.807) is 37.4 Å². The Balaban J connectivity index is 1.86. The molecule has 0 aromatic heterocycles. The molecule has 0 aliphatic rings. The molecule has 3 aromatic rings. The second kappa shape index (κ2) is 10.3. The van der Waals surface area contributed by atoms with Crippen LogP contribution in [0, 0.1) is 0 Å². The van der Waals surface area contributed by atoms with E-state index in [9.17, 15) is 13.2 Å². The van der Waals surface area contributed by atoms with E-state index in [0.29, 0.717) is 15.8 Å². The lowest BCUT2D eigenvalue weighted by molar-refractivity contribution is -0.120. The van der Waals surface area contributed by atoms with Gasteiger partial charge in [0.05, 0.1) is 23.7 Å². The predicted octanol–water partition coefficient (Wildman–Crippen LogP) is 5.07. The van der Waals surface area contributed by atoms with Gasteiger partial charge in [0.1, 0.15) is 12.3 Å². The summed E-state index contributed by atoms with van der Waals surface area (Å²) < 4.78 is 32.9. The first-order chi connectivity index (χ1) is 15.2. The number of methoxy groups -OCH3 is 1. The number of carbonyl (C=O) groups excluding carboxylic acids is 1. The quantitative estimate of drug-likeness (QED) is 0.475. The molecule has 0 bridgehead atoms. The van der Waals surface area contributed by atoms with Crippen molar-refractivity contribution in [3.05, 3.63) is 88.4 Å². The highest BCUT2D eigenvalue weighted by Crippen LogP contribution is 2.27. The molecule has 0 saturated carbocycles. The van der Waals surface area contributed by atoms with Gasteiger partial charge in [0, 0.05) is 10.0 Å². The van der Waals surface area contributed by atoms with Crippen molar-refractivity contribution in [1.29, 1.82) is 0 Å². The molecule has 9 heteroatoms. The number of sulfonamides is 1. The van der Waals surface area contributed by atoms with Gasteiger partial charge in [-0.25, -0.2) is 8.42 Å². The van der Waals surface area contributed by atoms with Gasteiger partial charge in [-0.3, -0.25) is 9.10 Å². The molecule has 0 saturated heterocycles. The highest BCUT2D eigenvalue weighted by molar-refractivity contribution is 7.92. The lowest BCUT2D eigenvalue weighted by Crippen LogP contribution is -2.41. The zero-order chi connectivity index (χ0) is 23.3. The highest BCUT2D eigenvalue weighted by atomic mass is 35.5. The first-order valence-corrected chi connectivity index (χ1v) is 11.9. The SMILES string of the molecule is COc1ccc([C@H](C)NC(=O)CN(c2cccc(Cl)c2)S(=O)(=O)c2ccc(Cl)cc2)cc1. The number of ether oxygens (including phenoxy) is 1. The van der Waals surface area contributed by atoms with E-state index in [4.69, 9.17) is 27.9 Å². The first kappa shape index (κ1) is 23.9. The van der Waals surface area contributed by atoms with Crippen LogP contribution in [0.5, 0.6) is 5.75 Å². The summed E-state index contributed by atoms with van der Waals surface area (Å²) in [4.78, 5) is 12.9. The van der Waals surface area contributed by atoms with Gasteiger partial charge in [-0.15, -0.1) is 0 Å². The molecular formula is C23H22Cl2N2O4S. The van der Waals surface area contributed by atoms with Crippen LogP contribution in [0.15, 0.2) is 77.7 Å². The van der Waals surface area contributed by atoms with Gasteiger partial charge >= 0.3 is 0 Å². The molecule has 0 radical (unpaired) electrons. The Labute approximate surface area is 197 Å². The molecule has 1 atom stereocenters. The van der Waals surface area contributed by atoms with E-state index < -0.39 is 22.5 Å². The molecule has 3 rings (SSSR count). The van der Waals surface area contributed by atoms with Crippen molar-refractivity contribution >= 4 is 44.8 Å². The third kappa shape index (κ3) is 5.73. The van der Waals surface area contributed by atoms with Crippen molar-refractivity contribution in [2.75, 3.05) is 18.0 Å². The minimum atomic E-state index is -4.05. The van der Waals surface area contributed by atoms with Gasteiger partial charge in [0.25, 0.3) is 10.0 Å². The number of nitrogens with one attached hydrogen (secondary N) is 1. The lowest BCUT2D eigenvalue weighted by atomic mass is 10.1. The fourth-order valence-electron chi connectivity index (χ4n) is 3.07. The average molecular weight is 493 g/mol. The standard InChI is InChI=1S/C23H22Cl2N2O4S/c1-16(17-6-10-21(31-2)11-7-17)26-23(28)15-27(20-5-3-4-19(25)14-20)32(29,30)22-12-8-18(24)9-13-22/h3-14,16H,15H2,1-2H3,(H,26,28)/t16-/m0/s1. The van der Waals surface area contributed by atoms with Crippen molar-refractivity contribution in [3.8, 4) is 5.75 Å². The highest BCUT2D eigenvalue weighted by Gasteiger charge is 2.28. The number of carbonyl (C=O) groups is 1. The van der Waals surface area contributed by atoms with Crippen LogP contribution in [0.3, 0.4) is 0 Å². The number of nitrogens with zero attached hydrogens (tertiary/aromatic N) is 1. The normalized spacial score (nSPS) is 12.1. The summed E-state index contributed by atoms with van der Waals surface area (Å²) in [5, 5.41) is 3.60. The predicted molar refractivity (Wildman–Crippen MR) is 127 cm³/mol. The number of amides is 1. The van der Waals surface area contributed by atoms with Crippen molar-refractivity contribution < 1.29 is 17.9 Å². The molecule has 1 N–H and O–H groups in total. The summed E-state index contributed by atoms with van der Waals surface area (Å²) in [6, 6.07) is 19.0. The second-order valence-corrected chi connectivity index (χ2v) is 9.74. The third-order valence-corrected chi connectivity index (χ3v) is 7.05. The van der Waals surface area contributed by atoms with Crippen LogP contribution >= 0.6 is 23.2 Å². The van der Waals surface area contributed by atoms with Crippen molar-refractivity contribution in [2.24, 2.45) is 0 Å². The minimum Gasteiger partial charge on any atom is -0.497 e. The molecule has 0 unspecified atom stereocenters. The smallest absolute Gasteiger partial charge is 0.264 e. The maximum Gasteiger partial charge on any atom is 0.264 e. The van der Waals surface area contributed by atoms with Gasteiger partial charge < -0.3 is 10.1 Å². The molecular weight excluding hydrogens is 471 g/mol. The van der Waals surface area contributed by atoms with Gasteiger partial charge in [-0.2, -0.15) is 0 Å². The number of hydrogen-bond donors (Lipinski definition) is 1. The number of benzene rings is 3. The van der Waals surface area contributed by atoms with E-state index in [-0.39, 0.29) is 16.6 Å². The molecule has 0 fully saturated rings. The molecule has 1 amide bonds. The summed E-state index contributed by atoms with van der Waals surface area (Å²) in [5.41, 5.74) is 1.13. The Morgan fingerprint density at radius 2 is 1.66 bits per heavy atom. The summed E-state index contributed by atoms with van der Waals surface area (Å²) >= 11 is 12.0. The summed E-state index contributed by atoms with van der Waals surface area (Å²) in [6.07, 6.45) is 0. The Morgan fingerprint density at radius 1 is 1.00 bits per heavy atom. The van der Waals surface area contributed by atoms with E-state index >= 15 is 0 Å². The Morgan fingerprint density at radius 3 is 2.25 bits per heavy atom. The van der Waals surface area contributed by atoms with Crippen LogP contribution in [-0.4, -0.2) is 28.0 Å². The van der Waals surface area contributed by atoms with Crippen molar-refractivity contribution in [1.82, 2.24) is 5.32 Å². The zero-order valence-corrected chi connectivity index (χ0v) is 19.8. The largest absolute Gasteiger partial charge is 0.497 e. The molecule has 32 heavy (non-hydrogen) atoms. The monoisotopic (exact) mass is 492 g/mol. The molecule has 6 nitrogen and oxygen atoms in total. The van der Waals surface area contributed by atoms with Crippen LogP contribution < -0.4 is 14.4 Å². The van der Waals surface area contributed by atoms with E-state index in [0.717, 1.165) is 9.87 Å². The number of rotatable bonds is 8. The van der Waals surface area contributed by atoms with Crippen molar-refractivity contribution in [3.63, 3.8) is 0 Å². The van der Waals surface area contributed by atoms with Gasteiger partial charge in [0.2, 0.25) is 5.91 Å².